The van der Waals surface area contributed by atoms with Gasteiger partial charge in [-0.2, -0.15) is 0 Å². The van der Waals surface area contributed by atoms with Crippen LogP contribution in [0.5, 0.6) is 0 Å². The fraction of sp³-hybridized carbons (Fsp3) is 0.647. The number of nitro benzene ring substituents is 1. The molecule has 118 valence electrons. The summed E-state index contributed by atoms with van der Waals surface area (Å²) in [5.74, 6) is 0.807. The zero-order valence-electron chi connectivity index (χ0n) is 13.2. The van der Waals surface area contributed by atoms with Crippen molar-refractivity contribution in [3.8, 4) is 0 Å². The SMILES string of the molecule is CCCCCCC1CC(C)CO1.O=[N+]([O-])c1ccccc1. The molecule has 0 N–H and O–H groups in total. The van der Waals surface area contributed by atoms with Gasteiger partial charge >= 0.3 is 0 Å². The molecule has 0 aliphatic carbocycles. The lowest BCUT2D eigenvalue weighted by atomic mass is 10.0. The normalized spacial score (nSPS) is 20.7. The van der Waals surface area contributed by atoms with Crippen molar-refractivity contribution in [2.45, 2.75) is 58.5 Å². The van der Waals surface area contributed by atoms with Crippen LogP contribution < -0.4 is 0 Å². The van der Waals surface area contributed by atoms with Crippen LogP contribution in [-0.4, -0.2) is 17.6 Å². The molecule has 2 unspecified atom stereocenters. The number of unbranched alkanes of at least 4 members (excludes halogenated alkanes) is 3. The molecule has 2 rings (SSSR count). The largest absolute Gasteiger partial charge is 0.378 e. The quantitative estimate of drug-likeness (QED) is 0.422. The highest BCUT2D eigenvalue weighted by Crippen LogP contribution is 2.23. The predicted molar refractivity (Wildman–Crippen MR) is 85.4 cm³/mol. The number of nitro groups is 1. The minimum atomic E-state index is -0.417. The molecule has 1 saturated heterocycles. The average Bonchev–Trinajstić information content (AvgIpc) is 2.91. The predicted octanol–water partition coefficient (Wildman–Crippen LogP) is 4.98. The van der Waals surface area contributed by atoms with E-state index in [1.165, 1.54) is 50.7 Å². The first kappa shape index (κ1) is 17.6. The number of non-ortho nitro benzene ring substituents is 1. The van der Waals surface area contributed by atoms with Crippen LogP contribution in [0.3, 0.4) is 0 Å². The molecular formula is C17H27NO3. The number of nitrogens with zero attached hydrogens (tertiary/aromatic N) is 1. The molecule has 1 aliphatic heterocycles. The molecule has 0 radical (unpaired) electrons. The van der Waals surface area contributed by atoms with Crippen molar-refractivity contribution in [3.63, 3.8) is 0 Å². The van der Waals surface area contributed by atoms with E-state index in [2.05, 4.69) is 13.8 Å². The summed E-state index contributed by atoms with van der Waals surface area (Å²) in [6, 6.07) is 7.93. The van der Waals surface area contributed by atoms with E-state index < -0.39 is 4.92 Å². The Hall–Kier alpha value is -1.42. The molecule has 1 aliphatic rings. The van der Waals surface area contributed by atoms with Crippen molar-refractivity contribution in [1.82, 2.24) is 0 Å². The Bertz CT molecular complexity index is 394. The summed E-state index contributed by atoms with van der Waals surface area (Å²) < 4.78 is 5.65. The fourth-order valence-corrected chi connectivity index (χ4v) is 2.43. The molecule has 4 nitrogen and oxygen atoms in total. The Labute approximate surface area is 127 Å². The van der Waals surface area contributed by atoms with E-state index >= 15 is 0 Å². The second kappa shape index (κ2) is 10.3. The first-order valence-corrected chi connectivity index (χ1v) is 7.94. The number of ether oxygens (including phenoxy) is 1. The highest BCUT2D eigenvalue weighted by molar-refractivity contribution is 5.27. The van der Waals surface area contributed by atoms with Crippen molar-refractivity contribution in [3.05, 3.63) is 40.4 Å². The van der Waals surface area contributed by atoms with E-state index in [1.807, 2.05) is 0 Å². The number of rotatable bonds is 6. The van der Waals surface area contributed by atoms with Gasteiger partial charge in [-0.05, 0) is 18.8 Å². The third-order valence-corrected chi connectivity index (χ3v) is 3.63. The molecule has 0 amide bonds. The van der Waals surface area contributed by atoms with Gasteiger partial charge in [-0.25, -0.2) is 0 Å². The summed E-state index contributed by atoms with van der Waals surface area (Å²) in [4.78, 5) is 9.59. The Morgan fingerprint density at radius 1 is 1.24 bits per heavy atom. The van der Waals surface area contributed by atoms with Gasteiger partial charge in [-0.15, -0.1) is 0 Å². The van der Waals surface area contributed by atoms with Crippen LogP contribution in [0, 0.1) is 16.0 Å². The van der Waals surface area contributed by atoms with E-state index in [0.717, 1.165) is 12.5 Å². The summed E-state index contributed by atoms with van der Waals surface area (Å²) in [6.07, 6.45) is 8.67. The zero-order chi connectivity index (χ0) is 15.5. The van der Waals surface area contributed by atoms with Gasteiger partial charge in [0.2, 0.25) is 0 Å². The zero-order valence-corrected chi connectivity index (χ0v) is 13.2. The number of benzene rings is 1. The summed E-state index contributed by atoms with van der Waals surface area (Å²) >= 11 is 0. The number of hydrogen-bond acceptors (Lipinski definition) is 3. The van der Waals surface area contributed by atoms with Crippen LogP contribution in [0.2, 0.25) is 0 Å². The molecule has 0 spiro atoms. The van der Waals surface area contributed by atoms with Gasteiger partial charge in [0.1, 0.15) is 0 Å². The Balaban J connectivity index is 0.000000219. The van der Waals surface area contributed by atoms with Gasteiger partial charge < -0.3 is 4.74 Å². The molecule has 21 heavy (non-hydrogen) atoms. The number of hydrogen-bond donors (Lipinski definition) is 0. The van der Waals surface area contributed by atoms with E-state index in [4.69, 9.17) is 4.74 Å². The molecule has 1 aromatic carbocycles. The summed E-state index contributed by atoms with van der Waals surface area (Å²) in [7, 11) is 0. The van der Waals surface area contributed by atoms with Gasteiger partial charge in [0.05, 0.1) is 11.0 Å². The molecule has 1 heterocycles. The first-order chi connectivity index (χ1) is 10.1. The standard InChI is InChI=1S/C11H22O.C6H5NO2/c1-3-4-5-6-7-11-8-10(2)9-12-11;8-7(9)6-4-2-1-3-5-6/h10-11H,3-9H2,1-2H3;1-5H. The van der Waals surface area contributed by atoms with Crippen LogP contribution in [-0.2, 0) is 4.74 Å². The maximum atomic E-state index is 10.0. The lowest BCUT2D eigenvalue weighted by Crippen LogP contribution is -2.04. The Morgan fingerprint density at radius 3 is 2.43 bits per heavy atom. The van der Waals surface area contributed by atoms with Gasteiger partial charge in [0.25, 0.3) is 5.69 Å². The summed E-state index contributed by atoms with van der Waals surface area (Å²) in [5, 5.41) is 10.0. The van der Waals surface area contributed by atoms with Crippen molar-refractivity contribution >= 4 is 5.69 Å². The topological polar surface area (TPSA) is 52.4 Å². The lowest BCUT2D eigenvalue weighted by Gasteiger charge is -2.07. The second-order valence-corrected chi connectivity index (χ2v) is 5.74. The van der Waals surface area contributed by atoms with Crippen LogP contribution in [0.4, 0.5) is 5.69 Å². The molecule has 1 fully saturated rings. The fourth-order valence-electron chi connectivity index (χ4n) is 2.43. The summed E-state index contributed by atoms with van der Waals surface area (Å²) in [6.45, 7) is 5.54. The van der Waals surface area contributed by atoms with E-state index in [1.54, 1.807) is 18.2 Å². The third-order valence-electron chi connectivity index (χ3n) is 3.63. The first-order valence-electron chi connectivity index (χ1n) is 7.94. The van der Waals surface area contributed by atoms with Gasteiger partial charge in [0.15, 0.2) is 0 Å². The Kier molecular flexibility index (Phi) is 8.67. The van der Waals surface area contributed by atoms with E-state index in [-0.39, 0.29) is 5.69 Å². The van der Waals surface area contributed by atoms with Crippen LogP contribution in [0.25, 0.3) is 0 Å². The van der Waals surface area contributed by atoms with Crippen molar-refractivity contribution in [1.29, 1.82) is 0 Å². The van der Waals surface area contributed by atoms with E-state index in [0.29, 0.717) is 6.10 Å². The van der Waals surface area contributed by atoms with Gasteiger partial charge in [0, 0.05) is 18.7 Å². The van der Waals surface area contributed by atoms with Gasteiger partial charge in [-0.3, -0.25) is 10.1 Å². The van der Waals surface area contributed by atoms with Crippen molar-refractivity contribution in [2.24, 2.45) is 5.92 Å². The van der Waals surface area contributed by atoms with Crippen LogP contribution in [0.15, 0.2) is 30.3 Å². The molecule has 0 aromatic heterocycles. The highest BCUT2D eigenvalue weighted by Gasteiger charge is 2.20. The van der Waals surface area contributed by atoms with Crippen LogP contribution >= 0.6 is 0 Å². The molecule has 4 heteroatoms. The Morgan fingerprint density at radius 2 is 1.95 bits per heavy atom. The maximum Gasteiger partial charge on any atom is 0.269 e. The van der Waals surface area contributed by atoms with Crippen molar-refractivity contribution in [2.75, 3.05) is 6.61 Å². The minimum Gasteiger partial charge on any atom is -0.378 e. The highest BCUT2D eigenvalue weighted by atomic mass is 16.6. The molecule has 2 atom stereocenters. The van der Waals surface area contributed by atoms with Gasteiger partial charge in [-0.1, -0.05) is 57.7 Å². The van der Waals surface area contributed by atoms with Crippen molar-refractivity contribution < 1.29 is 9.66 Å². The average molecular weight is 293 g/mol. The minimum absolute atomic E-state index is 0.137. The molecule has 0 bridgehead atoms. The summed E-state index contributed by atoms with van der Waals surface area (Å²) in [5.41, 5.74) is 0.137. The number of para-hydroxylation sites is 1. The molecular weight excluding hydrogens is 266 g/mol. The third kappa shape index (κ3) is 7.81. The lowest BCUT2D eigenvalue weighted by molar-refractivity contribution is -0.384. The van der Waals surface area contributed by atoms with E-state index in [9.17, 15) is 10.1 Å². The second-order valence-electron chi connectivity index (χ2n) is 5.74. The monoisotopic (exact) mass is 293 g/mol. The smallest absolute Gasteiger partial charge is 0.269 e. The van der Waals surface area contributed by atoms with Crippen LogP contribution in [0.1, 0.15) is 52.4 Å². The molecule has 0 saturated carbocycles. The molecule has 1 aromatic rings. The maximum absolute atomic E-state index is 10.0.